The minimum atomic E-state index is -0.735. The molecule has 5 unspecified atom stereocenters. The molecular weight excluding hydrogens is 426 g/mol. The number of fused-ring (bicyclic) bond motifs is 5. The van der Waals surface area contributed by atoms with Crippen LogP contribution in [0.5, 0.6) is 0 Å². The van der Waals surface area contributed by atoms with Gasteiger partial charge >= 0.3 is 0 Å². The quantitative estimate of drug-likeness (QED) is 0.630. The molecule has 0 aromatic heterocycles. The number of allylic oxidation sites excluding steroid dienone is 6. The molecule has 0 saturated carbocycles. The molecular formula is C28H29N3O3. The molecule has 1 aromatic carbocycles. The molecule has 0 spiro atoms. The van der Waals surface area contributed by atoms with E-state index >= 15 is 0 Å². The maximum Gasteiger partial charge on any atom is 0.248 e. The third-order valence-corrected chi connectivity index (χ3v) is 7.46. The molecule has 0 bridgehead atoms. The summed E-state index contributed by atoms with van der Waals surface area (Å²) in [6, 6.07) is 4.56. The van der Waals surface area contributed by atoms with Crippen LogP contribution in [0.25, 0.3) is 12.2 Å². The molecule has 0 radical (unpaired) electrons. The molecule has 4 aliphatic carbocycles. The molecule has 6 nitrogen and oxygen atoms in total. The fraction of sp³-hybridized carbons (Fsp3) is 0.357. The lowest BCUT2D eigenvalue weighted by molar-refractivity contribution is 0.103. The van der Waals surface area contributed by atoms with E-state index in [1.54, 1.807) is 13.2 Å². The smallest absolute Gasteiger partial charge is 0.248 e. The van der Waals surface area contributed by atoms with Gasteiger partial charge < -0.3 is 20.3 Å². The Morgan fingerprint density at radius 1 is 1.06 bits per heavy atom. The van der Waals surface area contributed by atoms with Gasteiger partial charge in [-0.3, -0.25) is 0 Å². The molecule has 174 valence electrons. The van der Waals surface area contributed by atoms with E-state index in [0.717, 1.165) is 18.4 Å². The molecule has 0 saturated heterocycles. The number of amidine groups is 2. The Labute approximate surface area is 199 Å². The van der Waals surface area contributed by atoms with Gasteiger partial charge in [-0.15, -0.1) is 0 Å². The lowest BCUT2D eigenvalue weighted by atomic mass is 9.70. The molecule has 1 heterocycles. The second-order valence-corrected chi connectivity index (χ2v) is 9.43. The van der Waals surface area contributed by atoms with E-state index in [0.29, 0.717) is 24.5 Å². The summed E-state index contributed by atoms with van der Waals surface area (Å²) in [5, 5.41) is 24.6. The Hall–Kier alpha value is -3.22. The Bertz CT molecular complexity index is 1230. The fourth-order valence-corrected chi connectivity index (χ4v) is 5.75. The number of benzene rings is 1. The van der Waals surface area contributed by atoms with Gasteiger partial charge in [-0.2, -0.15) is 0 Å². The Kier molecular flexibility index (Phi) is 5.35. The van der Waals surface area contributed by atoms with Gasteiger partial charge in [0, 0.05) is 24.5 Å². The Morgan fingerprint density at radius 2 is 1.91 bits per heavy atom. The van der Waals surface area contributed by atoms with Gasteiger partial charge in [0.25, 0.3) is 0 Å². The van der Waals surface area contributed by atoms with E-state index < -0.39 is 18.4 Å². The highest BCUT2D eigenvalue weighted by molar-refractivity contribution is 6.14. The number of rotatable bonds is 3. The Balaban J connectivity index is 1.45. The summed E-state index contributed by atoms with van der Waals surface area (Å²) < 4.78 is 5.53. The number of nitrogens with one attached hydrogen (secondary N) is 1. The van der Waals surface area contributed by atoms with E-state index in [4.69, 9.17) is 9.73 Å². The summed E-state index contributed by atoms with van der Waals surface area (Å²) >= 11 is 0. The first-order chi connectivity index (χ1) is 16.6. The van der Waals surface area contributed by atoms with Crippen molar-refractivity contribution in [3.05, 3.63) is 82.2 Å². The number of ether oxygens (including phenoxy) is 1. The van der Waals surface area contributed by atoms with E-state index in [1.807, 2.05) is 0 Å². The molecule has 34 heavy (non-hydrogen) atoms. The van der Waals surface area contributed by atoms with Crippen molar-refractivity contribution in [1.29, 1.82) is 0 Å². The maximum atomic E-state index is 10.7. The van der Waals surface area contributed by atoms with Crippen molar-refractivity contribution in [2.24, 2.45) is 21.8 Å². The van der Waals surface area contributed by atoms with Gasteiger partial charge in [0.1, 0.15) is 17.4 Å². The zero-order chi connectivity index (χ0) is 23.2. The van der Waals surface area contributed by atoms with Crippen LogP contribution < -0.4 is 5.32 Å². The predicted molar refractivity (Wildman–Crippen MR) is 135 cm³/mol. The summed E-state index contributed by atoms with van der Waals surface area (Å²) in [7, 11) is 1.57. The van der Waals surface area contributed by atoms with Crippen LogP contribution in [0.3, 0.4) is 0 Å². The van der Waals surface area contributed by atoms with Crippen molar-refractivity contribution in [1.82, 2.24) is 5.32 Å². The first-order valence-electron chi connectivity index (χ1n) is 12.1. The lowest BCUT2D eigenvalue weighted by Crippen LogP contribution is -2.47. The summed E-state index contributed by atoms with van der Waals surface area (Å²) in [4.78, 5) is 9.32. The molecule has 6 rings (SSSR count). The van der Waals surface area contributed by atoms with Crippen LogP contribution in [-0.2, 0) is 11.2 Å². The minimum absolute atomic E-state index is 0.117. The van der Waals surface area contributed by atoms with E-state index in [1.165, 1.54) is 22.3 Å². The van der Waals surface area contributed by atoms with Crippen molar-refractivity contribution < 1.29 is 14.9 Å². The monoisotopic (exact) mass is 455 g/mol. The number of nitrogens with zero attached hydrogens (tertiary/aromatic N) is 2. The second kappa shape index (κ2) is 8.53. The second-order valence-electron chi connectivity index (χ2n) is 9.43. The van der Waals surface area contributed by atoms with Crippen molar-refractivity contribution in [2.75, 3.05) is 7.11 Å². The van der Waals surface area contributed by atoms with Gasteiger partial charge in [-0.05, 0) is 60.1 Å². The van der Waals surface area contributed by atoms with Crippen LogP contribution in [0.2, 0.25) is 0 Å². The molecule has 1 aliphatic heterocycles. The van der Waals surface area contributed by atoms with Crippen molar-refractivity contribution in [3.63, 3.8) is 0 Å². The van der Waals surface area contributed by atoms with Gasteiger partial charge in [-0.1, -0.05) is 48.6 Å². The number of aliphatic imine (C=N–C) groups is 2. The predicted octanol–water partition coefficient (Wildman–Crippen LogP) is 4.41. The van der Waals surface area contributed by atoms with Crippen LogP contribution in [0.4, 0.5) is 0 Å². The highest BCUT2D eigenvalue weighted by atomic mass is 16.5. The normalized spacial score (nSPS) is 31.3. The van der Waals surface area contributed by atoms with Crippen LogP contribution in [0.15, 0.2) is 69.9 Å². The first kappa shape index (κ1) is 21.3. The molecule has 5 atom stereocenters. The zero-order valence-corrected chi connectivity index (χ0v) is 19.2. The van der Waals surface area contributed by atoms with Gasteiger partial charge in [0.15, 0.2) is 0 Å². The third-order valence-electron chi connectivity index (χ3n) is 7.46. The van der Waals surface area contributed by atoms with Crippen LogP contribution in [0.1, 0.15) is 47.4 Å². The summed E-state index contributed by atoms with van der Waals surface area (Å²) in [5.41, 5.74) is 6.30. The van der Waals surface area contributed by atoms with Gasteiger partial charge in [0.05, 0.1) is 12.0 Å². The largest absolute Gasteiger partial charge is 0.512 e. The molecule has 5 aliphatic rings. The number of aryl methyl sites for hydroxylation is 1. The van der Waals surface area contributed by atoms with E-state index in [-0.39, 0.29) is 17.6 Å². The minimum Gasteiger partial charge on any atom is -0.512 e. The van der Waals surface area contributed by atoms with Gasteiger partial charge in [0.2, 0.25) is 6.35 Å². The standard InChI is InChI=1S/C28H29N3O3/c1-34-28-30-26(29-27(31-28)25-23(32)11-6-12-24(25)33)22-15-21-17-8-3-2-7-16(17)13-14-20(21)18-9-4-5-10-19(18)22/h3-5,8-11,13-15,18-19,24-25,28,32-33H,2,6-7,12H2,1H3,(H,29,30,31). The summed E-state index contributed by atoms with van der Waals surface area (Å²) in [6.07, 6.45) is 19.1. The fourth-order valence-electron chi connectivity index (χ4n) is 5.75. The topological polar surface area (TPSA) is 86.4 Å². The van der Waals surface area contributed by atoms with Crippen LogP contribution >= 0.6 is 0 Å². The lowest BCUT2D eigenvalue weighted by Gasteiger charge is -2.37. The SMILES string of the molecule is COC1N=C(C2=Cc3c(ccc4c3C=CCC4)C3C=CC=CC23)NC(C2C(O)=CCCC2O)=N1. The number of aliphatic hydroxyl groups excluding tert-OH is 2. The van der Waals surface area contributed by atoms with Crippen molar-refractivity contribution in [3.8, 4) is 0 Å². The molecule has 1 aromatic rings. The number of methoxy groups -OCH3 is 1. The molecule has 6 heteroatoms. The highest BCUT2D eigenvalue weighted by Gasteiger charge is 2.38. The zero-order valence-electron chi connectivity index (χ0n) is 19.2. The van der Waals surface area contributed by atoms with E-state index in [9.17, 15) is 10.2 Å². The van der Waals surface area contributed by atoms with Gasteiger partial charge in [-0.25, -0.2) is 9.98 Å². The van der Waals surface area contributed by atoms with E-state index in [2.05, 4.69) is 65.0 Å². The van der Waals surface area contributed by atoms with Crippen LogP contribution in [0, 0.1) is 11.8 Å². The van der Waals surface area contributed by atoms with Crippen molar-refractivity contribution in [2.45, 2.75) is 44.1 Å². The first-order valence-corrected chi connectivity index (χ1v) is 12.1. The molecule has 3 N–H and O–H groups in total. The Morgan fingerprint density at radius 3 is 2.74 bits per heavy atom. The van der Waals surface area contributed by atoms with Crippen molar-refractivity contribution >= 4 is 23.8 Å². The summed E-state index contributed by atoms with van der Waals surface area (Å²) in [6.45, 7) is 0. The summed E-state index contributed by atoms with van der Waals surface area (Å²) in [5.74, 6) is 1.03. The number of aliphatic hydroxyl groups is 2. The maximum absolute atomic E-state index is 10.7. The van der Waals surface area contributed by atoms with Crippen LogP contribution in [-0.4, -0.2) is 41.4 Å². The molecule has 0 amide bonds. The number of hydrogen-bond acceptors (Lipinski definition) is 6. The average molecular weight is 456 g/mol. The molecule has 0 fully saturated rings. The number of hydrogen-bond donors (Lipinski definition) is 3. The average Bonchev–Trinajstić information content (AvgIpc) is 2.87. The third kappa shape index (κ3) is 3.49. The highest BCUT2D eigenvalue weighted by Crippen LogP contribution is 2.45.